The minimum atomic E-state index is -3.72. The van der Waals surface area contributed by atoms with Crippen LogP contribution in [0.3, 0.4) is 0 Å². The van der Waals surface area contributed by atoms with Crippen molar-refractivity contribution < 1.29 is 18.0 Å². The van der Waals surface area contributed by atoms with E-state index in [-0.39, 0.29) is 41.1 Å². The molecule has 170 valence electrons. The molecule has 1 saturated heterocycles. The Morgan fingerprint density at radius 3 is 2.45 bits per heavy atom. The number of hydrogen-bond acceptors (Lipinski definition) is 7. The Balaban J connectivity index is 1.46. The van der Waals surface area contributed by atoms with Crippen LogP contribution < -0.4 is 5.32 Å². The number of rotatable bonds is 5. The maximum Gasteiger partial charge on any atom is 0.243 e. The number of nitriles is 1. The van der Waals surface area contributed by atoms with Gasteiger partial charge in [0.05, 0.1) is 16.8 Å². The van der Waals surface area contributed by atoms with Crippen molar-refractivity contribution in [2.24, 2.45) is 5.92 Å². The third-order valence-corrected chi connectivity index (χ3v) is 7.60. The minimum Gasteiger partial charge on any atom is -0.309 e. The van der Waals surface area contributed by atoms with Crippen molar-refractivity contribution in [3.8, 4) is 6.07 Å². The highest BCUT2D eigenvalue weighted by atomic mass is 32.2. The molecule has 1 amide bonds. The van der Waals surface area contributed by atoms with Crippen LogP contribution in [0.2, 0.25) is 0 Å². The van der Waals surface area contributed by atoms with Gasteiger partial charge in [-0.1, -0.05) is 12.1 Å². The van der Waals surface area contributed by atoms with Crippen LogP contribution in [0.4, 0.5) is 5.82 Å². The predicted octanol–water partition coefficient (Wildman–Crippen LogP) is 2.15. The van der Waals surface area contributed by atoms with Crippen molar-refractivity contribution in [1.29, 1.82) is 5.26 Å². The lowest BCUT2D eigenvalue weighted by molar-refractivity contribution is -0.120. The average molecular weight is 467 g/mol. The number of carbonyl (C=O) groups excluding carboxylic acids is 2. The molecular formula is C22H22N6O4S. The van der Waals surface area contributed by atoms with Crippen LogP contribution in [0.1, 0.15) is 41.4 Å². The molecular weight excluding hydrogens is 444 g/mol. The number of anilines is 1. The van der Waals surface area contributed by atoms with Crippen LogP contribution >= 0.6 is 0 Å². The zero-order valence-corrected chi connectivity index (χ0v) is 19.0. The molecule has 3 aromatic rings. The summed E-state index contributed by atoms with van der Waals surface area (Å²) in [5.74, 6) is -0.596. The topological polar surface area (TPSA) is 138 Å². The van der Waals surface area contributed by atoms with E-state index in [1.165, 1.54) is 46.2 Å². The fraction of sp³-hybridized carbons (Fsp3) is 0.318. The SMILES string of the molecule is CC(=O)c1ccc(S(=O)(=O)N2CCC(C(=O)Nc3c(C#N)cnc4cc(C)nn34)CC2)cc1. The van der Waals surface area contributed by atoms with Crippen LogP contribution in [-0.4, -0.2) is 52.1 Å². The molecule has 33 heavy (non-hydrogen) atoms. The third-order valence-electron chi connectivity index (χ3n) is 5.69. The van der Waals surface area contributed by atoms with Gasteiger partial charge >= 0.3 is 0 Å². The number of fused-ring (bicyclic) bond motifs is 1. The number of sulfonamides is 1. The van der Waals surface area contributed by atoms with E-state index in [9.17, 15) is 23.3 Å². The Bertz CT molecular complexity index is 1380. The fourth-order valence-corrected chi connectivity index (χ4v) is 5.31. The Hall–Kier alpha value is -3.62. The van der Waals surface area contributed by atoms with Gasteiger partial charge in [0.1, 0.15) is 11.6 Å². The van der Waals surface area contributed by atoms with Crippen molar-refractivity contribution in [2.45, 2.75) is 31.6 Å². The number of piperidine rings is 1. The first-order valence-corrected chi connectivity index (χ1v) is 11.8. The van der Waals surface area contributed by atoms with Crippen molar-refractivity contribution in [3.63, 3.8) is 0 Å². The van der Waals surface area contributed by atoms with Crippen molar-refractivity contribution >= 4 is 33.2 Å². The van der Waals surface area contributed by atoms with Gasteiger partial charge < -0.3 is 5.32 Å². The standard InChI is InChI=1S/C22H22N6O4S/c1-14-11-20-24-13-18(12-23)21(28(20)26-14)25-22(30)17-7-9-27(10-8-17)33(31,32)19-5-3-16(4-6-19)15(2)29/h3-6,11,13,17H,7-10H2,1-2H3,(H,25,30). The number of aromatic nitrogens is 3. The molecule has 1 aliphatic rings. The number of Topliss-reactive ketones (excluding diaryl/α,β-unsaturated/α-hetero) is 1. The summed E-state index contributed by atoms with van der Waals surface area (Å²) in [4.78, 5) is 28.6. The van der Waals surface area contributed by atoms with Crippen molar-refractivity contribution in [2.75, 3.05) is 18.4 Å². The lowest BCUT2D eigenvalue weighted by Gasteiger charge is -2.30. The number of nitrogens with zero attached hydrogens (tertiary/aromatic N) is 5. The minimum absolute atomic E-state index is 0.113. The van der Waals surface area contributed by atoms with E-state index < -0.39 is 15.9 Å². The van der Waals surface area contributed by atoms with Crippen LogP contribution in [0.25, 0.3) is 5.65 Å². The van der Waals surface area contributed by atoms with E-state index >= 15 is 0 Å². The number of carbonyl (C=O) groups is 2. The number of hydrogen-bond donors (Lipinski definition) is 1. The second-order valence-corrected chi connectivity index (χ2v) is 9.87. The summed E-state index contributed by atoms with van der Waals surface area (Å²) in [5.41, 5.74) is 1.84. The summed E-state index contributed by atoms with van der Waals surface area (Å²) in [6.45, 7) is 3.58. The van der Waals surface area contributed by atoms with Crippen molar-refractivity contribution in [1.82, 2.24) is 18.9 Å². The first kappa shape index (κ1) is 22.6. The molecule has 3 heterocycles. The third kappa shape index (κ3) is 4.35. The van der Waals surface area contributed by atoms with Gasteiger partial charge in [0, 0.05) is 30.6 Å². The Labute approximate surface area is 190 Å². The second kappa shape index (κ2) is 8.73. The lowest BCUT2D eigenvalue weighted by Crippen LogP contribution is -2.41. The van der Waals surface area contributed by atoms with Gasteiger partial charge in [-0.15, -0.1) is 0 Å². The molecule has 1 fully saturated rings. The molecule has 0 bridgehead atoms. The van der Waals surface area contributed by atoms with Gasteiger partial charge in [-0.2, -0.15) is 19.2 Å². The molecule has 2 aromatic heterocycles. The average Bonchev–Trinajstić information content (AvgIpc) is 3.20. The summed E-state index contributed by atoms with van der Waals surface area (Å²) in [6, 6.07) is 9.59. The van der Waals surface area contributed by atoms with Gasteiger partial charge in [0.25, 0.3) is 0 Å². The summed E-state index contributed by atoms with van der Waals surface area (Å²) < 4.78 is 28.7. The fourth-order valence-electron chi connectivity index (χ4n) is 3.84. The Kier molecular flexibility index (Phi) is 5.97. The molecule has 1 aliphatic heterocycles. The van der Waals surface area contributed by atoms with Crippen molar-refractivity contribution in [3.05, 3.63) is 53.3 Å². The molecule has 4 rings (SSSR count). The van der Waals surface area contributed by atoms with Gasteiger partial charge in [-0.05, 0) is 38.8 Å². The first-order valence-electron chi connectivity index (χ1n) is 10.4. The molecule has 11 heteroatoms. The molecule has 10 nitrogen and oxygen atoms in total. The monoisotopic (exact) mass is 466 g/mol. The maximum absolute atomic E-state index is 13.0. The maximum atomic E-state index is 13.0. The van der Waals surface area contributed by atoms with E-state index in [0.717, 1.165) is 0 Å². The molecule has 0 atom stereocenters. The van der Waals surface area contributed by atoms with Gasteiger partial charge in [-0.25, -0.2) is 13.4 Å². The van der Waals surface area contributed by atoms with Gasteiger partial charge in [0.2, 0.25) is 15.9 Å². The largest absolute Gasteiger partial charge is 0.309 e. The van der Waals surface area contributed by atoms with Gasteiger partial charge in [-0.3, -0.25) is 9.59 Å². The molecule has 0 spiro atoms. The second-order valence-electron chi connectivity index (χ2n) is 7.94. The van der Waals surface area contributed by atoms with E-state index in [1.807, 2.05) is 6.07 Å². The van der Waals surface area contributed by atoms with Crippen LogP contribution in [0.15, 0.2) is 41.4 Å². The van der Waals surface area contributed by atoms with Crippen LogP contribution in [-0.2, 0) is 14.8 Å². The van der Waals surface area contributed by atoms with E-state index in [0.29, 0.717) is 29.7 Å². The quantitative estimate of drug-likeness (QED) is 0.569. The predicted molar refractivity (Wildman–Crippen MR) is 119 cm³/mol. The highest BCUT2D eigenvalue weighted by Gasteiger charge is 2.32. The molecule has 1 aromatic carbocycles. The van der Waals surface area contributed by atoms with Gasteiger partial charge in [0.15, 0.2) is 17.2 Å². The van der Waals surface area contributed by atoms with Crippen LogP contribution in [0.5, 0.6) is 0 Å². The van der Waals surface area contributed by atoms with E-state index in [1.54, 1.807) is 13.0 Å². The normalized spacial score (nSPS) is 15.3. The van der Waals surface area contributed by atoms with E-state index in [2.05, 4.69) is 15.4 Å². The van der Waals surface area contributed by atoms with Crippen LogP contribution in [0, 0.1) is 24.2 Å². The van der Waals surface area contributed by atoms with E-state index in [4.69, 9.17) is 0 Å². The molecule has 0 saturated carbocycles. The number of ketones is 1. The number of benzene rings is 1. The number of aryl methyl sites for hydroxylation is 1. The highest BCUT2D eigenvalue weighted by molar-refractivity contribution is 7.89. The molecule has 0 aliphatic carbocycles. The summed E-state index contributed by atoms with van der Waals surface area (Å²) in [6.07, 6.45) is 2.06. The Morgan fingerprint density at radius 2 is 1.85 bits per heavy atom. The molecule has 0 unspecified atom stereocenters. The summed E-state index contributed by atoms with van der Waals surface area (Å²) in [5, 5.41) is 16.5. The number of nitrogens with one attached hydrogen (secondary N) is 1. The number of amides is 1. The molecule has 1 N–H and O–H groups in total. The zero-order valence-electron chi connectivity index (χ0n) is 18.1. The summed E-state index contributed by atoms with van der Waals surface area (Å²) >= 11 is 0. The zero-order chi connectivity index (χ0) is 23.8. The highest BCUT2D eigenvalue weighted by Crippen LogP contribution is 2.26. The lowest BCUT2D eigenvalue weighted by atomic mass is 9.97. The summed E-state index contributed by atoms with van der Waals surface area (Å²) in [7, 11) is -3.72. The molecule has 0 radical (unpaired) electrons. The first-order chi connectivity index (χ1) is 15.7. The smallest absolute Gasteiger partial charge is 0.243 e. The Morgan fingerprint density at radius 1 is 1.18 bits per heavy atom.